The zero-order valence-electron chi connectivity index (χ0n) is 17.5. The zero-order chi connectivity index (χ0) is 23.4. The molecule has 4 rings (SSSR count). The Morgan fingerprint density at radius 1 is 0.909 bits per heavy atom. The molecule has 1 unspecified atom stereocenters. The largest absolute Gasteiger partial charge is 0.357 e. The van der Waals surface area contributed by atoms with Gasteiger partial charge in [-0.1, -0.05) is 54.6 Å². The monoisotopic (exact) mass is 447 g/mol. The molecule has 9 heteroatoms. The van der Waals surface area contributed by atoms with E-state index in [0.717, 1.165) is 17.7 Å². The number of hydrogen-bond donors (Lipinski definition) is 2. The topological polar surface area (TPSA) is 88.9 Å². The Kier molecular flexibility index (Phi) is 6.21. The number of rotatable bonds is 6. The Balaban J connectivity index is 1.72. The molecule has 0 spiro atoms. The van der Waals surface area contributed by atoms with Crippen molar-refractivity contribution in [1.29, 1.82) is 0 Å². The summed E-state index contributed by atoms with van der Waals surface area (Å²) in [6.07, 6.45) is 0. The Morgan fingerprint density at radius 3 is 2.21 bits per heavy atom. The fourth-order valence-electron chi connectivity index (χ4n) is 3.26. The summed E-state index contributed by atoms with van der Waals surface area (Å²) in [7, 11) is 1.37. The van der Waals surface area contributed by atoms with E-state index < -0.39 is 29.5 Å². The molecule has 7 nitrogen and oxygen atoms in total. The van der Waals surface area contributed by atoms with Crippen LogP contribution in [0.2, 0.25) is 0 Å². The Hall–Kier alpha value is -4.40. The number of carbonyl (C=O) groups is 2. The molecule has 0 saturated carbocycles. The second-order valence-corrected chi connectivity index (χ2v) is 7.07. The minimum atomic E-state index is -1.28. The van der Waals surface area contributed by atoms with Crippen LogP contribution in [0.5, 0.6) is 0 Å². The van der Waals surface area contributed by atoms with Crippen molar-refractivity contribution >= 4 is 11.8 Å². The number of para-hydroxylation sites is 1. The lowest BCUT2D eigenvalue weighted by atomic mass is 10.1. The van der Waals surface area contributed by atoms with E-state index in [4.69, 9.17) is 0 Å². The molecular weight excluding hydrogens is 428 g/mol. The van der Waals surface area contributed by atoms with Crippen LogP contribution in [0.1, 0.15) is 22.2 Å². The highest BCUT2D eigenvalue weighted by molar-refractivity contribution is 5.95. The van der Waals surface area contributed by atoms with Gasteiger partial charge in [-0.25, -0.2) is 18.4 Å². The first-order valence-corrected chi connectivity index (χ1v) is 10.0. The van der Waals surface area contributed by atoms with Crippen LogP contribution in [0.15, 0.2) is 78.9 Å². The summed E-state index contributed by atoms with van der Waals surface area (Å²) in [5.74, 6) is -3.31. The van der Waals surface area contributed by atoms with Crippen molar-refractivity contribution < 1.29 is 18.4 Å². The summed E-state index contributed by atoms with van der Waals surface area (Å²) in [5, 5.41) is 9.27. The van der Waals surface area contributed by atoms with E-state index in [0.29, 0.717) is 11.5 Å². The number of nitrogens with one attached hydrogen (secondary N) is 2. The maximum Gasteiger partial charge on any atom is 0.291 e. The van der Waals surface area contributed by atoms with Gasteiger partial charge in [0.25, 0.3) is 5.91 Å². The lowest BCUT2D eigenvalue weighted by Crippen LogP contribution is -2.39. The average Bonchev–Trinajstić information content (AvgIpc) is 3.30. The number of amides is 2. The quantitative estimate of drug-likeness (QED) is 0.474. The highest BCUT2D eigenvalue weighted by atomic mass is 19.2. The first kappa shape index (κ1) is 21.8. The van der Waals surface area contributed by atoms with Crippen LogP contribution in [0.25, 0.3) is 17.1 Å². The summed E-state index contributed by atoms with van der Waals surface area (Å²) in [6, 6.07) is 20.0. The molecule has 1 heterocycles. The van der Waals surface area contributed by atoms with Crippen molar-refractivity contribution in [3.63, 3.8) is 0 Å². The van der Waals surface area contributed by atoms with Gasteiger partial charge >= 0.3 is 0 Å². The normalized spacial score (nSPS) is 11.6. The first-order valence-electron chi connectivity index (χ1n) is 10.0. The SMILES string of the molecule is CNC(=O)C(NC(=O)c1nc(-c2ccccc2)n(-c2ccccc2)n1)c1ccc(F)c(F)c1. The molecule has 0 bridgehead atoms. The summed E-state index contributed by atoms with van der Waals surface area (Å²) in [6.45, 7) is 0. The molecule has 4 aromatic rings. The van der Waals surface area contributed by atoms with E-state index in [2.05, 4.69) is 20.7 Å². The van der Waals surface area contributed by atoms with Gasteiger partial charge in [0.15, 0.2) is 17.5 Å². The molecule has 1 aromatic heterocycles. The highest BCUT2D eigenvalue weighted by Gasteiger charge is 2.26. The van der Waals surface area contributed by atoms with Crippen LogP contribution >= 0.6 is 0 Å². The molecule has 0 fully saturated rings. The molecule has 2 N–H and O–H groups in total. The average molecular weight is 447 g/mol. The molecule has 0 saturated heterocycles. The molecule has 0 radical (unpaired) electrons. The van der Waals surface area contributed by atoms with Gasteiger partial charge in [-0.2, -0.15) is 0 Å². The van der Waals surface area contributed by atoms with E-state index in [1.807, 2.05) is 60.7 Å². The summed E-state index contributed by atoms with van der Waals surface area (Å²) in [5.41, 5.74) is 1.50. The highest BCUT2D eigenvalue weighted by Crippen LogP contribution is 2.22. The van der Waals surface area contributed by atoms with Gasteiger partial charge in [-0.15, -0.1) is 5.10 Å². The lowest BCUT2D eigenvalue weighted by molar-refractivity contribution is -0.122. The fourth-order valence-corrected chi connectivity index (χ4v) is 3.26. The summed E-state index contributed by atoms with van der Waals surface area (Å²) >= 11 is 0. The van der Waals surface area contributed by atoms with Gasteiger partial charge in [0, 0.05) is 12.6 Å². The van der Waals surface area contributed by atoms with Gasteiger partial charge in [0.2, 0.25) is 11.7 Å². The van der Waals surface area contributed by atoms with Crippen molar-refractivity contribution in [3.8, 4) is 17.1 Å². The Labute approximate surface area is 188 Å². The number of halogens is 2. The van der Waals surface area contributed by atoms with E-state index in [1.54, 1.807) is 0 Å². The van der Waals surface area contributed by atoms with Gasteiger partial charge in [0.1, 0.15) is 6.04 Å². The smallest absolute Gasteiger partial charge is 0.291 e. The summed E-state index contributed by atoms with van der Waals surface area (Å²) < 4.78 is 28.6. The van der Waals surface area contributed by atoms with Crippen molar-refractivity contribution in [2.75, 3.05) is 7.05 Å². The van der Waals surface area contributed by atoms with Crippen molar-refractivity contribution in [1.82, 2.24) is 25.4 Å². The number of carbonyl (C=O) groups excluding carboxylic acids is 2. The van der Waals surface area contributed by atoms with Gasteiger partial charge < -0.3 is 10.6 Å². The molecule has 0 aliphatic rings. The minimum absolute atomic E-state index is 0.0763. The van der Waals surface area contributed by atoms with Gasteiger partial charge in [-0.3, -0.25) is 9.59 Å². The molecule has 166 valence electrons. The van der Waals surface area contributed by atoms with E-state index in [-0.39, 0.29) is 11.4 Å². The zero-order valence-corrected chi connectivity index (χ0v) is 17.5. The molecule has 0 aliphatic heterocycles. The number of nitrogens with zero attached hydrogens (tertiary/aromatic N) is 3. The number of benzene rings is 3. The van der Waals surface area contributed by atoms with Crippen LogP contribution in [-0.2, 0) is 4.79 Å². The fraction of sp³-hybridized carbons (Fsp3) is 0.0833. The molecule has 0 aliphatic carbocycles. The predicted molar refractivity (Wildman–Crippen MR) is 117 cm³/mol. The van der Waals surface area contributed by atoms with Crippen molar-refractivity contribution in [2.45, 2.75) is 6.04 Å². The van der Waals surface area contributed by atoms with Gasteiger partial charge in [0.05, 0.1) is 5.69 Å². The predicted octanol–water partition coefficient (Wildman–Crippen LogP) is 3.43. The minimum Gasteiger partial charge on any atom is -0.357 e. The third-order valence-electron chi connectivity index (χ3n) is 4.90. The number of likely N-dealkylation sites (N-methyl/N-ethyl adjacent to an activating group) is 1. The maximum absolute atomic E-state index is 13.8. The van der Waals surface area contributed by atoms with Crippen LogP contribution in [-0.4, -0.2) is 33.6 Å². The summed E-state index contributed by atoms with van der Waals surface area (Å²) in [4.78, 5) is 29.8. The maximum atomic E-state index is 13.8. The third kappa shape index (κ3) is 4.62. The van der Waals surface area contributed by atoms with E-state index >= 15 is 0 Å². The van der Waals surface area contributed by atoms with Crippen LogP contribution in [0, 0.1) is 11.6 Å². The molecule has 3 aromatic carbocycles. The standard InChI is InChI=1S/C24H19F2N5O2/c1-27-23(32)20(16-12-13-18(25)19(26)14-16)28-24(33)21-29-22(15-8-4-2-5-9-15)31(30-21)17-10-6-3-7-11-17/h2-14,20H,1H3,(H,27,32)(H,28,33). The number of aromatic nitrogens is 3. The van der Waals surface area contributed by atoms with Crippen LogP contribution in [0.4, 0.5) is 8.78 Å². The lowest BCUT2D eigenvalue weighted by Gasteiger charge is -2.17. The van der Waals surface area contributed by atoms with Crippen LogP contribution in [0.3, 0.4) is 0 Å². The van der Waals surface area contributed by atoms with Gasteiger partial charge in [-0.05, 0) is 29.8 Å². The van der Waals surface area contributed by atoms with E-state index in [1.165, 1.54) is 17.8 Å². The van der Waals surface area contributed by atoms with Crippen molar-refractivity contribution in [3.05, 3.63) is 102 Å². The van der Waals surface area contributed by atoms with Crippen molar-refractivity contribution in [2.24, 2.45) is 0 Å². The molecular formula is C24H19F2N5O2. The third-order valence-corrected chi connectivity index (χ3v) is 4.90. The molecule has 1 atom stereocenters. The number of hydrogen-bond acceptors (Lipinski definition) is 4. The molecule has 2 amide bonds. The first-order chi connectivity index (χ1) is 16.0. The second kappa shape index (κ2) is 9.39. The Bertz CT molecular complexity index is 1240. The second-order valence-electron chi connectivity index (χ2n) is 7.07. The molecule has 33 heavy (non-hydrogen) atoms. The van der Waals surface area contributed by atoms with E-state index in [9.17, 15) is 18.4 Å². The van der Waals surface area contributed by atoms with Crippen LogP contribution < -0.4 is 10.6 Å². The Morgan fingerprint density at radius 2 is 1.58 bits per heavy atom.